The van der Waals surface area contributed by atoms with Gasteiger partial charge in [0.25, 0.3) is 0 Å². The molecule has 1 aromatic carbocycles. The van der Waals surface area contributed by atoms with Crippen molar-refractivity contribution in [1.82, 2.24) is 20.5 Å². The number of benzene rings is 1. The van der Waals surface area contributed by atoms with Gasteiger partial charge in [-0.1, -0.05) is 43.2 Å². The van der Waals surface area contributed by atoms with Gasteiger partial charge in [-0.05, 0) is 26.2 Å². The lowest BCUT2D eigenvalue weighted by Gasteiger charge is -2.21. The van der Waals surface area contributed by atoms with E-state index in [2.05, 4.69) is 34.7 Å². The molecule has 0 spiro atoms. The Morgan fingerprint density at radius 1 is 1.23 bits per heavy atom. The van der Waals surface area contributed by atoms with Crippen molar-refractivity contribution in [2.75, 3.05) is 20.1 Å². The quantitative estimate of drug-likeness (QED) is 0.331. The van der Waals surface area contributed by atoms with Gasteiger partial charge in [0.05, 0.1) is 12.2 Å². The molecule has 2 heterocycles. The molecule has 168 valence electrons. The van der Waals surface area contributed by atoms with Gasteiger partial charge in [0.15, 0.2) is 5.96 Å². The van der Waals surface area contributed by atoms with Crippen LogP contribution in [0.3, 0.4) is 0 Å². The first kappa shape index (κ1) is 24.0. The molecule has 1 unspecified atom stereocenters. The topological polar surface area (TPSA) is 69.6 Å². The lowest BCUT2D eigenvalue weighted by atomic mass is 10.1. The van der Waals surface area contributed by atoms with E-state index < -0.39 is 0 Å². The van der Waals surface area contributed by atoms with Crippen molar-refractivity contribution in [3.63, 3.8) is 0 Å². The number of aliphatic imine (C=N–C) groups is 1. The number of amides is 1. The van der Waals surface area contributed by atoms with Gasteiger partial charge < -0.3 is 15.5 Å². The minimum absolute atomic E-state index is 0. The fourth-order valence-corrected chi connectivity index (χ4v) is 5.37. The van der Waals surface area contributed by atoms with Crippen molar-refractivity contribution >= 4 is 47.2 Å². The molecule has 2 N–H and O–H groups in total. The Morgan fingerprint density at radius 3 is 2.68 bits per heavy atom. The SMILES string of the molecule is CN=C(NCc1sc(-c2ccccc2)nc1C)NC1CCN(C(=O)C2CCCC2)C1.I. The smallest absolute Gasteiger partial charge is 0.225 e. The Labute approximate surface area is 206 Å². The molecule has 6 nitrogen and oxygen atoms in total. The summed E-state index contributed by atoms with van der Waals surface area (Å²) < 4.78 is 0. The van der Waals surface area contributed by atoms with Crippen LogP contribution in [0.4, 0.5) is 0 Å². The molecular formula is C23H32IN5OS. The lowest BCUT2D eigenvalue weighted by molar-refractivity contribution is -0.134. The Balaban J connectivity index is 0.00000272. The molecular weight excluding hydrogens is 521 g/mol. The number of aryl methyl sites for hydroxylation is 1. The van der Waals surface area contributed by atoms with Crippen molar-refractivity contribution in [3.8, 4) is 10.6 Å². The minimum atomic E-state index is 0. The van der Waals surface area contributed by atoms with Gasteiger partial charge in [0, 0.05) is 42.5 Å². The van der Waals surface area contributed by atoms with E-state index in [1.165, 1.54) is 17.7 Å². The number of hydrogen-bond acceptors (Lipinski definition) is 4. The molecule has 0 radical (unpaired) electrons. The van der Waals surface area contributed by atoms with Crippen LogP contribution in [-0.2, 0) is 11.3 Å². The van der Waals surface area contributed by atoms with Crippen molar-refractivity contribution in [2.24, 2.45) is 10.9 Å². The first-order valence-electron chi connectivity index (χ1n) is 10.9. The standard InChI is InChI=1S/C23H31N5OS.HI/c1-16-20(30-21(26-16)17-8-4-3-5-9-17)14-25-23(24-2)27-19-12-13-28(15-19)22(29)18-10-6-7-11-18;/h3-5,8-9,18-19H,6-7,10-15H2,1-2H3,(H2,24,25,27);1H. The van der Waals surface area contributed by atoms with E-state index in [1.807, 2.05) is 23.1 Å². The first-order valence-corrected chi connectivity index (χ1v) is 11.7. The maximum absolute atomic E-state index is 12.7. The summed E-state index contributed by atoms with van der Waals surface area (Å²) in [6.07, 6.45) is 5.50. The molecule has 1 saturated heterocycles. The number of nitrogens with one attached hydrogen (secondary N) is 2. The minimum Gasteiger partial charge on any atom is -0.352 e. The highest BCUT2D eigenvalue weighted by Crippen LogP contribution is 2.28. The fraction of sp³-hybridized carbons (Fsp3) is 0.522. The van der Waals surface area contributed by atoms with Gasteiger partial charge in [0.2, 0.25) is 5.91 Å². The van der Waals surface area contributed by atoms with Crippen LogP contribution >= 0.6 is 35.3 Å². The van der Waals surface area contributed by atoms with Crippen molar-refractivity contribution in [1.29, 1.82) is 0 Å². The number of aromatic nitrogens is 1. The molecule has 1 saturated carbocycles. The monoisotopic (exact) mass is 553 g/mol. The van der Waals surface area contributed by atoms with Crippen LogP contribution in [0.1, 0.15) is 42.7 Å². The number of halogens is 1. The average molecular weight is 554 g/mol. The summed E-state index contributed by atoms with van der Waals surface area (Å²) in [6, 6.07) is 10.5. The van der Waals surface area contributed by atoms with Crippen LogP contribution in [0, 0.1) is 12.8 Å². The van der Waals surface area contributed by atoms with Gasteiger partial charge >= 0.3 is 0 Å². The number of carbonyl (C=O) groups excluding carboxylic acids is 1. The zero-order valence-electron chi connectivity index (χ0n) is 18.3. The van der Waals surface area contributed by atoms with Crippen molar-refractivity contribution in [2.45, 2.75) is 51.6 Å². The molecule has 4 rings (SSSR count). The molecule has 8 heteroatoms. The molecule has 2 fully saturated rings. The zero-order chi connectivity index (χ0) is 20.9. The number of likely N-dealkylation sites (tertiary alicyclic amines) is 1. The number of guanidine groups is 1. The third-order valence-electron chi connectivity index (χ3n) is 6.10. The lowest BCUT2D eigenvalue weighted by Crippen LogP contribution is -2.45. The second-order valence-corrected chi connectivity index (χ2v) is 9.30. The van der Waals surface area contributed by atoms with Gasteiger partial charge in [-0.2, -0.15) is 0 Å². The van der Waals surface area contributed by atoms with Gasteiger partial charge in [0.1, 0.15) is 5.01 Å². The third kappa shape index (κ3) is 5.97. The molecule has 31 heavy (non-hydrogen) atoms. The highest BCUT2D eigenvalue weighted by atomic mass is 127. The van der Waals surface area contributed by atoms with E-state index in [0.29, 0.717) is 12.5 Å². The second-order valence-electron chi connectivity index (χ2n) is 8.21. The molecule has 0 bridgehead atoms. The molecule has 1 atom stereocenters. The number of thiazole rings is 1. The predicted molar refractivity (Wildman–Crippen MR) is 138 cm³/mol. The van der Waals surface area contributed by atoms with E-state index in [9.17, 15) is 4.79 Å². The van der Waals surface area contributed by atoms with E-state index in [1.54, 1.807) is 18.4 Å². The summed E-state index contributed by atoms with van der Waals surface area (Å²) in [7, 11) is 1.79. The highest BCUT2D eigenvalue weighted by molar-refractivity contribution is 14.0. The number of hydrogen-bond donors (Lipinski definition) is 2. The maximum Gasteiger partial charge on any atom is 0.225 e. The Kier molecular flexibility index (Phi) is 8.71. The van der Waals surface area contributed by atoms with Crippen LogP contribution in [0.15, 0.2) is 35.3 Å². The Hall–Kier alpha value is -1.68. The fourth-order valence-electron chi connectivity index (χ4n) is 4.36. The average Bonchev–Trinajstić information content (AvgIpc) is 3.53. The summed E-state index contributed by atoms with van der Waals surface area (Å²) in [5.74, 6) is 1.40. The zero-order valence-corrected chi connectivity index (χ0v) is 21.4. The third-order valence-corrected chi connectivity index (χ3v) is 7.31. The summed E-state index contributed by atoms with van der Waals surface area (Å²) in [5, 5.41) is 7.97. The normalized spacial score (nSPS) is 19.4. The largest absolute Gasteiger partial charge is 0.352 e. The Bertz CT molecular complexity index is 895. The molecule has 2 aromatic rings. The van der Waals surface area contributed by atoms with Crippen molar-refractivity contribution < 1.29 is 4.79 Å². The summed E-state index contributed by atoms with van der Waals surface area (Å²) >= 11 is 1.72. The molecule has 2 aliphatic rings. The predicted octanol–water partition coefficient (Wildman–Crippen LogP) is 4.19. The maximum atomic E-state index is 12.7. The van der Waals surface area contributed by atoms with Crippen LogP contribution in [0.25, 0.3) is 10.6 Å². The van der Waals surface area contributed by atoms with Crippen LogP contribution < -0.4 is 10.6 Å². The number of carbonyl (C=O) groups is 1. The molecule has 1 aliphatic carbocycles. The van der Waals surface area contributed by atoms with E-state index in [-0.39, 0.29) is 35.9 Å². The van der Waals surface area contributed by atoms with Crippen LogP contribution in [0.5, 0.6) is 0 Å². The van der Waals surface area contributed by atoms with Gasteiger partial charge in [-0.3, -0.25) is 9.79 Å². The highest BCUT2D eigenvalue weighted by Gasteiger charge is 2.32. The van der Waals surface area contributed by atoms with E-state index >= 15 is 0 Å². The van der Waals surface area contributed by atoms with E-state index in [4.69, 9.17) is 4.98 Å². The van der Waals surface area contributed by atoms with Gasteiger partial charge in [-0.25, -0.2) is 4.98 Å². The summed E-state index contributed by atoms with van der Waals surface area (Å²) in [4.78, 5) is 25.0. The first-order chi connectivity index (χ1) is 14.6. The number of rotatable bonds is 5. The van der Waals surface area contributed by atoms with Crippen LogP contribution in [0.2, 0.25) is 0 Å². The second kappa shape index (κ2) is 11.3. The molecule has 1 aliphatic heterocycles. The summed E-state index contributed by atoms with van der Waals surface area (Å²) in [6.45, 7) is 4.36. The van der Waals surface area contributed by atoms with Crippen LogP contribution in [-0.4, -0.2) is 47.9 Å². The van der Waals surface area contributed by atoms with E-state index in [0.717, 1.165) is 54.6 Å². The Morgan fingerprint density at radius 2 is 1.97 bits per heavy atom. The number of nitrogens with zero attached hydrogens (tertiary/aromatic N) is 3. The molecule has 1 aromatic heterocycles. The molecule has 1 amide bonds. The van der Waals surface area contributed by atoms with Gasteiger partial charge in [-0.15, -0.1) is 35.3 Å². The van der Waals surface area contributed by atoms with Crippen molar-refractivity contribution in [3.05, 3.63) is 40.9 Å². The summed E-state index contributed by atoms with van der Waals surface area (Å²) in [5.41, 5.74) is 2.20.